The number of carbonyl (C=O) groups is 2. The first-order valence-electron chi connectivity index (χ1n) is 5.33. The van der Waals surface area contributed by atoms with E-state index in [1.165, 1.54) is 12.1 Å². The van der Waals surface area contributed by atoms with E-state index in [0.717, 1.165) is 4.90 Å². The van der Waals surface area contributed by atoms with Gasteiger partial charge in [0.1, 0.15) is 16.9 Å². The molecule has 0 saturated carbocycles. The molecule has 96 valence electrons. The predicted octanol–water partition coefficient (Wildman–Crippen LogP) is 0.395. The van der Waals surface area contributed by atoms with E-state index in [-0.39, 0.29) is 23.8 Å². The van der Waals surface area contributed by atoms with Gasteiger partial charge in [0.2, 0.25) is 0 Å². The van der Waals surface area contributed by atoms with Gasteiger partial charge in [0, 0.05) is 13.0 Å². The van der Waals surface area contributed by atoms with Crippen molar-refractivity contribution in [1.29, 1.82) is 0 Å². The predicted molar refractivity (Wildman–Crippen MR) is 62.3 cm³/mol. The van der Waals surface area contributed by atoms with Crippen LogP contribution in [0.3, 0.4) is 0 Å². The summed E-state index contributed by atoms with van der Waals surface area (Å²) in [5, 5.41) is 18.6. The molecule has 2 N–H and O–H groups in total. The molecule has 1 fully saturated rings. The fourth-order valence-corrected chi connectivity index (χ4v) is 2.11. The topological polar surface area (TPSA) is 90.7 Å². The van der Waals surface area contributed by atoms with E-state index in [4.69, 9.17) is 16.7 Å². The Balaban J connectivity index is 2.25. The normalized spacial score (nSPS) is 23.1. The average Bonchev–Trinajstić information content (AvgIpc) is 2.70. The average molecular weight is 271 g/mol. The highest BCUT2D eigenvalue weighted by molar-refractivity contribution is 6.29. The van der Waals surface area contributed by atoms with Gasteiger partial charge in [0.15, 0.2) is 0 Å². The SMILES string of the molecule is O=C(O)[C@@H]1C[C@H](O)CN1C(=O)c1cccc(Cl)n1. The number of aromatic nitrogens is 1. The second-order valence-electron chi connectivity index (χ2n) is 4.05. The van der Waals surface area contributed by atoms with Crippen LogP contribution < -0.4 is 0 Å². The Kier molecular flexibility index (Phi) is 3.49. The Morgan fingerprint density at radius 3 is 2.78 bits per heavy atom. The van der Waals surface area contributed by atoms with Gasteiger partial charge in [0.25, 0.3) is 5.91 Å². The summed E-state index contributed by atoms with van der Waals surface area (Å²) in [7, 11) is 0. The van der Waals surface area contributed by atoms with Crippen LogP contribution in [0.4, 0.5) is 0 Å². The van der Waals surface area contributed by atoms with Crippen LogP contribution in [0.2, 0.25) is 5.15 Å². The van der Waals surface area contributed by atoms with Gasteiger partial charge < -0.3 is 15.1 Å². The Labute approximate surface area is 108 Å². The summed E-state index contributed by atoms with van der Waals surface area (Å²) in [5.41, 5.74) is 0.0721. The first-order valence-corrected chi connectivity index (χ1v) is 5.71. The number of halogens is 1. The molecule has 0 bridgehead atoms. The van der Waals surface area contributed by atoms with Crippen molar-refractivity contribution in [2.45, 2.75) is 18.6 Å². The highest BCUT2D eigenvalue weighted by Crippen LogP contribution is 2.20. The molecule has 0 unspecified atom stereocenters. The maximum atomic E-state index is 12.1. The van der Waals surface area contributed by atoms with Gasteiger partial charge in [-0.1, -0.05) is 17.7 Å². The van der Waals surface area contributed by atoms with Crippen molar-refractivity contribution in [2.75, 3.05) is 6.54 Å². The third kappa shape index (κ3) is 2.44. The van der Waals surface area contributed by atoms with Gasteiger partial charge in [0.05, 0.1) is 6.10 Å². The number of carbonyl (C=O) groups excluding carboxylic acids is 1. The van der Waals surface area contributed by atoms with Crippen LogP contribution in [0.5, 0.6) is 0 Å². The molecule has 0 spiro atoms. The van der Waals surface area contributed by atoms with Gasteiger partial charge in [-0.2, -0.15) is 0 Å². The number of aliphatic carboxylic acids is 1. The van der Waals surface area contributed by atoms with Crippen LogP contribution in [0, 0.1) is 0 Å². The number of nitrogens with zero attached hydrogens (tertiary/aromatic N) is 2. The molecule has 1 aliphatic heterocycles. The van der Waals surface area contributed by atoms with E-state index in [0.29, 0.717) is 0 Å². The standard InChI is InChI=1S/C11H11ClN2O4/c12-9-3-1-2-7(13-9)10(16)14-5-6(15)4-8(14)11(17)18/h1-3,6,8,15H,4-5H2,(H,17,18)/t6-,8-/m0/s1. The lowest BCUT2D eigenvalue weighted by Gasteiger charge is -2.20. The molecule has 7 heteroatoms. The van der Waals surface area contributed by atoms with Crippen molar-refractivity contribution in [1.82, 2.24) is 9.88 Å². The summed E-state index contributed by atoms with van der Waals surface area (Å²) in [6, 6.07) is 3.52. The van der Waals surface area contributed by atoms with Crippen LogP contribution in [0.1, 0.15) is 16.9 Å². The van der Waals surface area contributed by atoms with Gasteiger partial charge in [-0.25, -0.2) is 9.78 Å². The Morgan fingerprint density at radius 2 is 2.17 bits per heavy atom. The Morgan fingerprint density at radius 1 is 1.44 bits per heavy atom. The number of aliphatic hydroxyl groups is 1. The fourth-order valence-electron chi connectivity index (χ4n) is 1.95. The maximum absolute atomic E-state index is 12.1. The van der Waals surface area contributed by atoms with E-state index >= 15 is 0 Å². The van der Waals surface area contributed by atoms with E-state index in [1.807, 2.05) is 0 Å². The molecule has 0 aromatic carbocycles. The quantitative estimate of drug-likeness (QED) is 0.759. The van der Waals surface area contributed by atoms with Crippen molar-refractivity contribution in [3.05, 3.63) is 29.0 Å². The monoisotopic (exact) mass is 270 g/mol. The molecule has 1 aliphatic rings. The minimum absolute atomic E-state index is 0.00993. The third-order valence-corrected chi connectivity index (χ3v) is 2.97. The molecule has 2 atom stereocenters. The van der Waals surface area contributed by atoms with Crippen LogP contribution in [-0.4, -0.2) is 50.7 Å². The largest absolute Gasteiger partial charge is 0.480 e. The molecular formula is C11H11ClN2O4. The molecule has 0 aliphatic carbocycles. The van der Waals surface area contributed by atoms with Crippen molar-refractivity contribution < 1.29 is 19.8 Å². The number of pyridine rings is 1. The lowest BCUT2D eigenvalue weighted by Crippen LogP contribution is -2.40. The van der Waals surface area contributed by atoms with Gasteiger partial charge in [-0.05, 0) is 12.1 Å². The minimum atomic E-state index is -1.14. The smallest absolute Gasteiger partial charge is 0.326 e. The zero-order chi connectivity index (χ0) is 13.3. The minimum Gasteiger partial charge on any atom is -0.480 e. The number of hydrogen-bond acceptors (Lipinski definition) is 4. The van der Waals surface area contributed by atoms with Gasteiger partial charge in [-0.3, -0.25) is 4.79 Å². The summed E-state index contributed by atoms with van der Waals surface area (Å²) in [5.74, 6) is -1.68. The zero-order valence-electron chi connectivity index (χ0n) is 9.28. The van der Waals surface area contributed by atoms with E-state index in [2.05, 4.69) is 4.98 Å². The van der Waals surface area contributed by atoms with Gasteiger partial charge >= 0.3 is 5.97 Å². The van der Waals surface area contributed by atoms with Crippen LogP contribution in [0.15, 0.2) is 18.2 Å². The number of carboxylic acids is 1. The van der Waals surface area contributed by atoms with Crippen molar-refractivity contribution in [2.24, 2.45) is 0 Å². The number of carboxylic acid groups (broad SMARTS) is 1. The number of likely N-dealkylation sites (tertiary alicyclic amines) is 1. The first kappa shape index (κ1) is 12.8. The highest BCUT2D eigenvalue weighted by Gasteiger charge is 2.39. The molecule has 18 heavy (non-hydrogen) atoms. The summed E-state index contributed by atoms with van der Waals surface area (Å²) in [6.07, 6.45) is -0.795. The molecule has 2 heterocycles. The van der Waals surface area contributed by atoms with Crippen LogP contribution >= 0.6 is 11.6 Å². The summed E-state index contributed by atoms with van der Waals surface area (Å²) in [6.45, 7) is -0.00993. The molecule has 1 saturated heterocycles. The number of hydrogen-bond donors (Lipinski definition) is 2. The second kappa shape index (κ2) is 4.91. The molecule has 0 radical (unpaired) electrons. The van der Waals surface area contributed by atoms with Crippen molar-refractivity contribution in [3.8, 4) is 0 Å². The first-order chi connectivity index (χ1) is 8.49. The molecular weight excluding hydrogens is 260 g/mol. The number of β-amino-alcohol motifs (C(OH)–C–C–N with tert-alkyl or cyclic N) is 1. The van der Waals surface area contributed by atoms with E-state index < -0.39 is 24.0 Å². The fraction of sp³-hybridized carbons (Fsp3) is 0.364. The summed E-state index contributed by atoms with van der Waals surface area (Å²) >= 11 is 5.68. The molecule has 1 aromatic rings. The van der Waals surface area contributed by atoms with Gasteiger partial charge in [-0.15, -0.1) is 0 Å². The number of rotatable bonds is 2. The zero-order valence-corrected chi connectivity index (χ0v) is 10.0. The molecule has 1 aromatic heterocycles. The Bertz CT molecular complexity index is 494. The lowest BCUT2D eigenvalue weighted by atomic mass is 10.2. The molecule has 6 nitrogen and oxygen atoms in total. The molecule has 1 amide bonds. The highest BCUT2D eigenvalue weighted by atomic mass is 35.5. The van der Waals surface area contributed by atoms with Crippen LogP contribution in [-0.2, 0) is 4.79 Å². The summed E-state index contributed by atoms with van der Waals surface area (Å²) in [4.78, 5) is 28.0. The van der Waals surface area contributed by atoms with E-state index in [9.17, 15) is 14.7 Å². The van der Waals surface area contributed by atoms with E-state index in [1.54, 1.807) is 6.07 Å². The van der Waals surface area contributed by atoms with Crippen molar-refractivity contribution in [3.63, 3.8) is 0 Å². The molecule has 2 rings (SSSR count). The second-order valence-corrected chi connectivity index (χ2v) is 4.43. The summed E-state index contributed by atoms with van der Waals surface area (Å²) < 4.78 is 0. The lowest BCUT2D eigenvalue weighted by molar-refractivity contribution is -0.141. The number of amides is 1. The van der Waals surface area contributed by atoms with Crippen LogP contribution in [0.25, 0.3) is 0 Å². The number of aliphatic hydroxyl groups excluding tert-OH is 1. The third-order valence-electron chi connectivity index (χ3n) is 2.76. The van der Waals surface area contributed by atoms with Crippen molar-refractivity contribution >= 4 is 23.5 Å². The maximum Gasteiger partial charge on any atom is 0.326 e. The Hall–Kier alpha value is -1.66.